The van der Waals surface area contributed by atoms with Crippen molar-refractivity contribution < 1.29 is 28.7 Å². The number of ether oxygens (including phenoxy) is 1. The highest BCUT2D eigenvalue weighted by Crippen LogP contribution is 2.32. The fourth-order valence-corrected chi connectivity index (χ4v) is 4.14. The van der Waals surface area contributed by atoms with Gasteiger partial charge in [0.15, 0.2) is 6.04 Å². The van der Waals surface area contributed by atoms with Crippen LogP contribution in [0.5, 0.6) is 0 Å². The molecule has 0 spiro atoms. The van der Waals surface area contributed by atoms with Crippen molar-refractivity contribution in [2.75, 3.05) is 6.54 Å². The molecule has 9 nitrogen and oxygen atoms in total. The minimum Gasteiger partial charge on any atom is -0.458 e. The Morgan fingerprint density at radius 3 is 2.17 bits per heavy atom. The highest BCUT2D eigenvalue weighted by Gasteiger charge is 2.52. The number of benzene rings is 1. The van der Waals surface area contributed by atoms with Crippen molar-refractivity contribution in [2.24, 2.45) is 0 Å². The van der Waals surface area contributed by atoms with Gasteiger partial charge in [0, 0.05) is 19.4 Å². The van der Waals surface area contributed by atoms with E-state index in [9.17, 15) is 24.0 Å². The van der Waals surface area contributed by atoms with Crippen LogP contribution >= 0.6 is 0 Å². The Morgan fingerprint density at radius 2 is 1.60 bits per heavy atom. The molecule has 0 saturated carbocycles. The summed E-state index contributed by atoms with van der Waals surface area (Å²) in [7, 11) is 0. The number of nitrogens with zero attached hydrogens (tertiary/aromatic N) is 3. The standard InChI is InChI=1S/C21H23N3O6/c1-21(2,3)30-20(29)15-10-11-22-16(25)9-8-14(19(28)24(15)22)23-17(26)12-6-4-5-7-13(12)18(23)27/h4-7,14-15H,8-11H2,1-3H3. The van der Waals surface area contributed by atoms with Crippen molar-refractivity contribution in [2.45, 2.75) is 57.7 Å². The zero-order chi connectivity index (χ0) is 21.8. The van der Waals surface area contributed by atoms with Crippen molar-refractivity contribution in [1.82, 2.24) is 14.9 Å². The van der Waals surface area contributed by atoms with E-state index in [2.05, 4.69) is 0 Å². The number of hydrogen-bond donors (Lipinski definition) is 0. The molecule has 2 fully saturated rings. The minimum atomic E-state index is -1.16. The number of fused-ring (bicyclic) bond motifs is 2. The Bertz CT molecular complexity index is 931. The van der Waals surface area contributed by atoms with Crippen LogP contribution in [-0.2, 0) is 19.1 Å². The van der Waals surface area contributed by atoms with Gasteiger partial charge < -0.3 is 4.74 Å². The summed E-state index contributed by atoms with van der Waals surface area (Å²) in [5, 5.41) is 2.34. The van der Waals surface area contributed by atoms with Gasteiger partial charge in [-0.1, -0.05) is 12.1 Å². The Kier molecular flexibility index (Phi) is 4.63. The van der Waals surface area contributed by atoms with Gasteiger partial charge in [-0.2, -0.15) is 0 Å². The minimum absolute atomic E-state index is 0.0111. The molecule has 2 unspecified atom stereocenters. The average molecular weight is 413 g/mol. The molecule has 2 atom stereocenters. The van der Waals surface area contributed by atoms with E-state index in [-0.39, 0.29) is 42.8 Å². The number of carbonyl (C=O) groups excluding carboxylic acids is 5. The zero-order valence-corrected chi connectivity index (χ0v) is 17.1. The molecule has 2 saturated heterocycles. The number of amides is 4. The molecule has 158 valence electrons. The maximum Gasteiger partial charge on any atom is 0.331 e. The average Bonchev–Trinajstić information content (AvgIpc) is 3.19. The van der Waals surface area contributed by atoms with E-state index in [1.54, 1.807) is 32.9 Å². The van der Waals surface area contributed by atoms with E-state index in [1.807, 2.05) is 0 Å². The van der Waals surface area contributed by atoms with Gasteiger partial charge in [-0.25, -0.2) is 9.80 Å². The van der Waals surface area contributed by atoms with Gasteiger partial charge in [0.1, 0.15) is 11.6 Å². The van der Waals surface area contributed by atoms with Crippen molar-refractivity contribution >= 4 is 29.6 Å². The Labute approximate surface area is 173 Å². The van der Waals surface area contributed by atoms with E-state index >= 15 is 0 Å². The lowest BCUT2D eigenvalue weighted by atomic mass is 10.1. The first kappa shape index (κ1) is 20.1. The van der Waals surface area contributed by atoms with Gasteiger partial charge in [-0.05, 0) is 39.3 Å². The first-order valence-corrected chi connectivity index (χ1v) is 9.93. The summed E-state index contributed by atoms with van der Waals surface area (Å²) in [6, 6.07) is 4.23. The predicted molar refractivity (Wildman–Crippen MR) is 103 cm³/mol. The van der Waals surface area contributed by atoms with E-state index in [0.717, 1.165) is 9.91 Å². The SMILES string of the molecule is CC(C)(C)OC(=O)C1CCN2C(=O)CCC(N3C(=O)c4ccccc4C3=O)C(=O)N12. The molecule has 1 aromatic carbocycles. The predicted octanol–water partition coefficient (Wildman–Crippen LogP) is 1.13. The molecular formula is C21H23N3O6. The number of hydrazine groups is 1. The molecule has 3 aliphatic rings. The second kappa shape index (κ2) is 6.93. The lowest BCUT2D eigenvalue weighted by Gasteiger charge is -2.33. The lowest BCUT2D eigenvalue weighted by molar-refractivity contribution is -0.174. The zero-order valence-electron chi connectivity index (χ0n) is 17.1. The molecule has 0 N–H and O–H groups in total. The number of hydrogen-bond acceptors (Lipinski definition) is 6. The van der Waals surface area contributed by atoms with Gasteiger partial charge >= 0.3 is 5.97 Å². The molecule has 30 heavy (non-hydrogen) atoms. The fraction of sp³-hybridized carbons (Fsp3) is 0.476. The van der Waals surface area contributed by atoms with Crippen LogP contribution in [0.25, 0.3) is 0 Å². The van der Waals surface area contributed by atoms with Crippen LogP contribution in [0.1, 0.15) is 60.7 Å². The summed E-state index contributed by atoms with van der Waals surface area (Å²) < 4.78 is 5.43. The van der Waals surface area contributed by atoms with E-state index in [1.165, 1.54) is 17.1 Å². The van der Waals surface area contributed by atoms with Crippen molar-refractivity contribution in [1.29, 1.82) is 0 Å². The molecular weight excluding hydrogens is 390 g/mol. The molecule has 0 bridgehead atoms. The largest absolute Gasteiger partial charge is 0.458 e. The smallest absolute Gasteiger partial charge is 0.331 e. The van der Waals surface area contributed by atoms with Gasteiger partial charge in [0.25, 0.3) is 17.7 Å². The third-order valence-electron chi connectivity index (χ3n) is 5.42. The molecule has 4 rings (SSSR count). The third-order valence-corrected chi connectivity index (χ3v) is 5.42. The monoisotopic (exact) mass is 413 g/mol. The molecule has 0 radical (unpaired) electrons. The first-order chi connectivity index (χ1) is 14.1. The molecule has 4 amide bonds. The molecule has 0 aromatic heterocycles. The Hall–Kier alpha value is -3.23. The van der Waals surface area contributed by atoms with Gasteiger partial charge in [-0.3, -0.25) is 29.1 Å². The summed E-state index contributed by atoms with van der Waals surface area (Å²) in [6.07, 6.45) is 0.236. The second-order valence-electron chi connectivity index (χ2n) is 8.62. The number of carbonyl (C=O) groups is 5. The maximum atomic E-state index is 13.5. The van der Waals surface area contributed by atoms with E-state index < -0.39 is 41.4 Å². The fourth-order valence-electron chi connectivity index (χ4n) is 4.14. The second-order valence-corrected chi connectivity index (χ2v) is 8.62. The lowest BCUT2D eigenvalue weighted by Crippen LogP contribution is -2.56. The van der Waals surface area contributed by atoms with Gasteiger partial charge in [0.05, 0.1) is 11.1 Å². The van der Waals surface area contributed by atoms with E-state index in [0.29, 0.717) is 0 Å². The van der Waals surface area contributed by atoms with Crippen LogP contribution < -0.4 is 0 Å². The quantitative estimate of drug-likeness (QED) is 0.532. The van der Waals surface area contributed by atoms with Crippen molar-refractivity contribution in [3.63, 3.8) is 0 Å². The Morgan fingerprint density at radius 1 is 1.00 bits per heavy atom. The van der Waals surface area contributed by atoms with Gasteiger partial charge in [-0.15, -0.1) is 0 Å². The highest BCUT2D eigenvalue weighted by atomic mass is 16.6. The van der Waals surface area contributed by atoms with Crippen LogP contribution in [0.3, 0.4) is 0 Å². The highest BCUT2D eigenvalue weighted by molar-refractivity contribution is 6.23. The molecule has 0 aliphatic carbocycles. The summed E-state index contributed by atoms with van der Waals surface area (Å²) >= 11 is 0. The normalized spacial score (nSPS) is 24.2. The van der Waals surface area contributed by atoms with Crippen LogP contribution in [0.2, 0.25) is 0 Å². The van der Waals surface area contributed by atoms with Crippen LogP contribution in [0.15, 0.2) is 24.3 Å². The topological polar surface area (TPSA) is 104 Å². The summed E-state index contributed by atoms with van der Waals surface area (Å²) in [5.41, 5.74) is -0.300. The molecule has 3 heterocycles. The first-order valence-electron chi connectivity index (χ1n) is 9.93. The van der Waals surface area contributed by atoms with E-state index in [4.69, 9.17) is 4.74 Å². The number of rotatable bonds is 2. The molecule has 9 heteroatoms. The summed E-state index contributed by atoms with van der Waals surface area (Å²) in [6.45, 7) is 5.35. The number of esters is 1. The molecule has 1 aromatic rings. The van der Waals surface area contributed by atoms with Crippen molar-refractivity contribution in [3.8, 4) is 0 Å². The van der Waals surface area contributed by atoms with Gasteiger partial charge in [0.2, 0.25) is 5.91 Å². The van der Waals surface area contributed by atoms with Crippen LogP contribution in [0, 0.1) is 0 Å². The van der Waals surface area contributed by atoms with Crippen molar-refractivity contribution in [3.05, 3.63) is 35.4 Å². The summed E-state index contributed by atoms with van der Waals surface area (Å²) in [5.74, 6) is -2.70. The molecule has 3 aliphatic heterocycles. The summed E-state index contributed by atoms with van der Waals surface area (Å²) in [4.78, 5) is 65.5. The maximum absolute atomic E-state index is 13.5. The third kappa shape index (κ3) is 3.14. The Balaban J connectivity index is 1.67. The van der Waals surface area contributed by atoms with Crippen LogP contribution in [-0.4, -0.2) is 68.7 Å². The number of imide groups is 1. The van der Waals surface area contributed by atoms with Crippen LogP contribution in [0.4, 0.5) is 0 Å².